The Morgan fingerprint density at radius 2 is 1.73 bits per heavy atom. The number of piperidine rings is 1. The molecule has 0 bridgehead atoms. The molecular weight excluding hydrogens is 404 g/mol. The highest BCUT2D eigenvalue weighted by Crippen LogP contribution is 2.26. The smallest absolute Gasteiger partial charge is 0.341 e. The van der Waals surface area contributed by atoms with Crippen molar-refractivity contribution in [1.82, 2.24) is 10.2 Å². The second kappa shape index (κ2) is 11.8. The predicted octanol–water partition coefficient (Wildman–Crippen LogP) is 3.83. The van der Waals surface area contributed by atoms with Crippen molar-refractivity contribution in [3.63, 3.8) is 0 Å². The molecule has 2 aromatic carbocycles. The molecular formula is C23H29ClN2O4. The van der Waals surface area contributed by atoms with Gasteiger partial charge in [0.1, 0.15) is 0 Å². The SMILES string of the molecule is O=C(O)COc1ccccc1OCCCNC1CCN(Cc2ccc(Cl)cc2)CC1. The molecule has 0 spiro atoms. The maximum Gasteiger partial charge on any atom is 0.341 e. The molecule has 1 heterocycles. The second-order valence-electron chi connectivity index (χ2n) is 7.46. The number of aliphatic carboxylic acids is 1. The highest BCUT2D eigenvalue weighted by Gasteiger charge is 2.18. The first-order chi connectivity index (χ1) is 14.6. The standard InChI is InChI=1S/C23H29ClN2O4/c24-19-8-6-18(7-9-19)16-26-13-10-20(11-14-26)25-12-3-15-29-21-4-1-2-5-22(21)30-17-23(27)28/h1-2,4-9,20,25H,3,10-17H2,(H,27,28). The number of hydrogen-bond donors (Lipinski definition) is 2. The first kappa shape index (κ1) is 22.4. The average molecular weight is 433 g/mol. The van der Waals surface area contributed by atoms with Crippen molar-refractivity contribution in [2.75, 3.05) is 32.8 Å². The number of carbonyl (C=O) groups is 1. The Bertz CT molecular complexity index is 792. The minimum absolute atomic E-state index is 0.376. The number of nitrogens with one attached hydrogen (secondary N) is 1. The summed E-state index contributed by atoms with van der Waals surface area (Å²) in [5, 5.41) is 13.2. The fourth-order valence-electron chi connectivity index (χ4n) is 3.53. The summed E-state index contributed by atoms with van der Waals surface area (Å²) in [6, 6.07) is 15.8. The van der Waals surface area contributed by atoms with Gasteiger partial charge in [0.25, 0.3) is 0 Å². The van der Waals surface area contributed by atoms with E-state index in [9.17, 15) is 4.79 Å². The number of halogens is 1. The molecule has 162 valence electrons. The van der Waals surface area contributed by atoms with Crippen LogP contribution >= 0.6 is 11.6 Å². The van der Waals surface area contributed by atoms with Crippen molar-refractivity contribution in [2.24, 2.45) is 0 Å². The van der Waals surface area contributed by atoms with Crippen LogP contribution in [0.15, 0.2) is 48.5 Å². The molecule has 30 heavy (non-hydrogen) atoms. The minimum Gasteiger partial charge on any atom is -0.490 e. The van der Waals surface area contributed by atoms with Gasteiger partial charge in [-0.3, -0.25) is 4.90 Å². The zero-order valence-electron chi connectivity index (χ0n) is 17.1. The van der Waals surface area contributed by atoms with E-state index in [2.05, 4.69) is 22.3 Å². The molecule has 0 saturated carbocycles. The summed E-state index contributed by atoms with van der Waals surface area (Å²) in [4.78, 5) is 13.2. The van der Waals surface area contributed by atoms with Gasteiger partial charge in [0.05, 0.1) is 6.61 Å². The zero-order valence-corrected chi connectivity index (χ0v) is 17.8. The van der Waals surface area contributed by atoms with E-state index >= 15 is 0 Å². The van der Waals surface area contributed by atoms with E-state index in [1.807, 2.05) is 18.2 Å². The summed E-state index contributed by atoms with van der Waals surface area (Å²) in [6.07, 6.45) is 3.15. The van der Waals surface area contributed by atoms with E-state index < -0.39 is 5.97 Å². The third-order valence-electron chi connectivity index (χ3n) is 5.12. The number of benzene rings is 2. The topological polar surface area (TPSA) is 71.0 Å². The maximum atomic E-state index is 10.7. The van der Waals surface area contributed by atoms with E-state index in [0.29, 0.717) is 24.1 Å². The third kappa shape index (κ3) is 7.52. The molecule has 0 radical (unpaired) electrons. The summed E-state index contributed by atoms with van der Waals surface area (Å²) in [5.41, 5.74) is 1.30. The summed E-state index contributed by atoms with van der Waals surface area (Å²) in [5.74, 6) is 0.0309. The van der Waals surface area contributed by atoms with Gasteiger partial charge in [-0.05, 0) is 68.7 Å². The fraction of sp³-hybridized carbons (Fsp3) is 0.435. The Hall–Kier alpha value is -2.28. The molecule has 7 heteroatoms. The number of carboxylic acids is 1. The number of rotatable bonds is 11. The van der Waals surface area contributed by atoms with Crippen LogP contribution in [0.1, 0.15) is 24.8 Å². The van der Waals surface area contributed by atoms with E-state index in [0.717, 1.165) is 50.5 Å². The number of nitrogens with zero attached hydrogens (tertiary/aromatic N) is 1. The fourth-order valence-corrected chi connectivity index (χ4v) is 3.66. The van der Waals surface area contributed by atoms with Gasteiger partial charge < -0.3 is 19.9 Å². The number of para-hydroxylation sites is 2. The predicted molar refractivity (Wildman–Crippen MR) is 117 cm³/mol. The Balaban J connectivity index is 1.30. The molecule has 1 aliphatic rings. The zero-order chi connectivity index (χ0) is 21.2. The number of likely N-dealkylation sites (tertiary alicyclic amines) is 1. The highest BCUT2D eigenvalue weighted by molar-refractivity contribution is 6.30. The van der Waals surface area contributed by atoms with Gasteiger partial charge >= 0.3 is 5.97 Å². The van der Waals surface area contributed by atoms with Gasteiger partial charge in [-0.15, -0.1) is 0 Å². The van der Waals surface area contributed by atoms with Crippen molar-refractivity contribution >= 4 is 17.6 Å². The molecule has 1 aliphatic heterocycles. The maximum absolute atomic E-state index is 10.7. The van der Waals surface area contributed by atoms with Crippen LogP contribution in [0, 0.1) is 0 Å². The second-order valence-corrected chi connectivity index (χ2v) is 7.90. The Kier molecular flexibility index (Phi) is 8.81. The molecule has 2 aromatic rings. The van der Waals surface area contributed by atoms with Crippen LogP contribution in [0.5, 0.6) is 11.5 Å². The van der Waals surface area contributed by atoms with Crippen LogP contribution in [-0.4, -0.2) is 54.9 Å². The lowest BCUT2D eigenvalue weighted by Crippen LogP contribution is -2.42. The quantitative estimate of drug-likeness (QED) is 0.526. The van der Waals surface area contributed by atoms with Crippen LogP contribution in [-0.2, 0) is 11.3 Å². The van der Waals surface area contributed by atoms with Crippen LogP contribution in [0.2, 0.25) is 5.02 Å². The molecule has 6 nitrogen and oxygen atoms in total. The molecule has 3 rings (SSSR count). The Morgan fingerprint density at radius 1 is 1.07 bits per heavy atom. The van der Waals surface area contributed by atoms with E-state index in [4.69, 9.17) is 26.2 Å². The molecule has 2 N–H and O–H groups in total. The van der Waals surface area contributed by atoms with Gasteiger partial charge in [-0.25, -0.2) is 4.79 Å². The van der Waals surface area contributed by atoms with Crippen molar-refractivity contribution in [3.05, 3.63) is 59.1 Å². The number of carboxylic acid groups (broad SMARTS) is 1. The molecule has 0 atom stereocenters. The minimum atomic E-state index is -1.01. The van der Waals surface area contributed by atoms with Gasteiger partial charge in [0.2, 0.25) is 0 Å². The molecule has 0 unspecified atom stereocenters. The molecule has 0 aromatic heterocycles. The summed E-state index contributed by atoms with van der Waals surface area (Å²) >= 11 is 5.95. The van der Waals surface area contributed by atoms with Crippen molar-refractivity contribution in [1.29, 1.82) is 0 Å². The van der Waals surface area contributed by atoms with Gasteiger partial charge in [0.15, 0.2) is 18.1 Å². The van der Waals surface area contributed by atoms with Crippen LogP contribution < -0.4 is 14.8 Å². The summed E-state index contributed by atoms with van der Waals surface area (Å²) < 4.78 is 11.0. The Labute approximate surface area is 182 Å². The van der Waals surface area contributed by atoms with Crippen molar-refractivity contribution in [2.45, 2.75) is 31.8 Å². The van der Waals surface area contributed by atoms with Crippen molar-refractivity contribution in [3.8, 4) is 11.5 Å². The van der Waals surface area contributed by atoms with Crippen LogP contribution in [0.3, 0.4) is 0 Å². The molecule has 0 aliphatic carbocycles. The molecule has 1 saturated heterocycles. The van der Waals surface area contributed by atoms with Crippen LogP contribution in [0.4, 0.5) is 0 Å². The monoisotopic (exact) mass is 432 g/mol. The first-order valence-electron chi connectivity index (χ1n) is 10.4. The number of ether oxygens (including phenoxy) is 2. The first-order valence-corrected chi connectivity index (χ1v) is 10.7. The molecule has 0 amide bonds. The summed E-state index contributed by atoms with van der Waals surface area (Å²) in [7, 11) is 0. The third-order valence-corrected chi connectivity index (χ3v) is 5.37. The number of hydrogen-bond acceptors (Lipinski definition) is 5. The largest absolute Gasteiger partial charge is 0.490 e. The van der Waals surface area contributed by atoms with Crippen molar-refractivity contribution < 1.29 is 19.4 Å². The van der Waals surface area contributed by atoms with E-state index in [1.165, 1.54) is 5.56 Å². The van der Waals surface area contributed by atoms with E-state index in [1.54, 1.807) is 18.2 Å². The lowest BCUT2D eigenvalue weighted by molar-refractivity contribution is -0.139. The lowest BCUT2D eigenvalue weighted by atomic mass is 10.0. The van der Waals surface area contributed by atoms with Gasteiger partial charge in [0, 0.05) is 17.6 Å². The Morgan fingerprint density at radius 3 is 2.40 bits per heavy atom. The van der Waals surface area contributed by atoms with Gasteiger partial charge in [-0.2, -0.15) is 0 Å². The average Bonchev–Trinajstić information content (AvgIpc) is 2.75. The summed E-state index contributed by atoms with van der Waals surface area (Å²) in [6.45, 7) is 4.21. The normalized spacial score (nSPS) is 15.1. The van der Waals surface area contributed by atoms with Crippen LogP contribution in [0.25, 0.3) is 0 Å². The lowest BCUT2D eigenvalue weighted by Gasteiger charge is -2.32. The highest BCUT2D eigenvalue weighted by atomic mass is 35.5. The molecule has 1 fully saturated rings. The van der Waals surface area contributed by atoms with Gasteiger partial charge in [-0.1, -0.05) is 35.9 Å². The van der Waals surface area contributed by atoms with E-state index in [-0.39, 0.29) is 6.61 Å².